The molecule has 12 heteroatoms. The first-order valence-electron chi connectivity index (χ1n) is 17.3. The van der Waals surface area contributed by atoms with Gasteiger partial charge in [0.15, 0.2) is 11.5 Å². The van der Waals surface area contributed by atoms with Gasteiger partial charge in [-0.25, -0.2) is 4.39 Å². The summed E-state index contributed by atoms with van der Waals surface area (Å²) >= 11 is 0. The molecule has 4 rings (SSSR count). The molecule has 1 aliphatic rings. The third-order valence-corrected chi connectivity index (χ3v) is 8.30. The van der Waals surface area contributed by atoms with Crippen molar-refractivity contribution in [1.82, 2.24) is 20.9 Å². The molecule has 3 aromatic rings. The van der Waals surface area contributed by atoms with Gasteiger partial charge >= 0.3 is 0 Å². The van der Waals surface area contributed by atoms with E-state index in [0.29, 0.717) is 35.8 Å². The molecule has 11 nitrogen and oxygen atoms in total. The molecule has 4 atom stereocenters. The van der Waals surface area contributed by atoms with Crippen LogP contribution in [-0.2, 0) is 14.4 Å². The van der Waals surface area contributed by atoms with Crippen molar-refractivity contribution in [3.8, 4) is 23.0 Å². The molecule has 0 aromatic heterocycles. The van der Waals surface area contributed by atoms with Crippen LogP contribution in [0.3, 0.4) is 0 Å². The molecule has 0 fully saturated rings. The van der Waals surface area contributed by atoms with Crippen LogP contribution in [0.5, 0.6) is 23.0 Å². The summed E-state index contributed by atoms with van der Waals surface area (Å²) in [6.45, 7) is 9.88. The van der Waals surface area contributed by atoms with Crippen molar-refractivity contribution in [2.75, 3.05) is 20.3 Å². The van der Waals surface area contributed by atoms with Gasteiger partial charge in [-0.15, -0.1) is 0 Å². The first kappa shape index (κ1) is 38.7. The first-order valence-corrected chi connectivity index (χ1v) is 17.3. The summed E-state index contributed by atoms with van der Waals surface area (Å²) in [5, 5.41) is 8.38. The molecule has 1 aliphatic heterocycles. The lowest BCUT2D eigenvalue weighted by molar-refractivity contribution is -0.138. The second-order valence-corrected chi connectivity index (χ2v) is 13.7. The van der Waals surface area contributed by atoms with Crippen molar-refractivity contribution in [1.29, 1.82) is 0 Å². The molecule has 0 bridgehead atoms. The molecule has 0 saturated carbocycles. The minimum atomic E-state index is -1.29. The van der Waals surface area contributed by atoms with E-state index < -0.39 is 48.1 Å². The fourth-order valence-electron chi connectivity index (χ4n) is 5.76. The van der Waals surface area contributed by atoms with Gasteiger partial charge < -0.3 is 35.1 Å². The van der Waals surface area contributed by atoms with E-state index in [4.69, 9.17) is 14.2 Å². The highest BCUT2D eigenvalue weighted by molar-refractivity contribution is 6.01. The Morgan fingerprint density at radius 2 is 1.61 bits per heavy atom. The number of benzene rings is 3. The quantitative estimate of drug-likeness (QED) is 0.241. The van der Waals surface area contributed by atoms with Crippen molar-refractivity contribution < 1.29 is 37.8 Å². The molecule has 0 aliphatic carbocycles. The van der Waals surface area contributed by atoms with Gasteiger partial charge in [-0.2, -0.15) is 0 Å². The number of fused-ring (bicyclic) bond motifs is 1. The summed E-state index contributed by atoms with van der Waals surface area (Å²) in [6, 6.07) is 16.2. The lowest BCUT2D eigenvalue weighted by Crippen LogP contribution is -2.55. The number of amides is 4. The maximum absolute atomic E-state index is 13.8. The molecule has 1 heterocycles. The van der Waals surface area contributed by atoms with Crippen molar-refractivity contribution >= 4 is 23.6 Å². The van der Waals surface area contributed by atoms with E-state index in [0.717, 1.165) is 0 Å². The molecule has 0 saturated heterocycles. The Morgan fingerprint density at radius 1 is 0.922 bits per heavy atom. The Kier molecular flexibility index (Phi) is 13.8. The van der Waals surface area contributed by atoms with E-state index in [1.165, 1.54) is 18.2 Å². The summed E-state index contributed by atoms with van der Waals surface area (Å²) in [5.41, 5.74) is 0.189. The Hall–Kier alpha value is -5.13. The van der Waals surface area contributed by atoms with Crippen LogP contribution in [0.2, 0.25) is 0 Å². The molecule has 4 amide bonds. The molecule has 274 valence electrons. The molecule has 3 aromatic carbocycles. The number of hydrogen-bond donors (Lipinski definition) is 3. The number of likely N-dealkylation sites (N-methyl/N-ethyl adjacent to an activating group) is 1. The van der Waals surface area contributed by atoms with Crippen LogP contribution in [0.25, 0.3) is 0 Å². The van der Waals surface area contributed by atoms with E-state index in [-0.39, 0.29) is 42.6 Å². The Balaban J connectivity index is 1.53. The van der Waals surface area contributed by atoms with E-state index >= 15 is 0 Å². The number of nitrogens with one attached hydrogen (secondary N) is 3. The SMILES string of the molecule is CC(C)C[C@@H]1COc2ccccc2C(=O)N[C@H](C(=O)N[C@H](C)COc2ccccc2Oc2cccc(F)c2)CC(=O)N[C@@H](CC(C)C)C(=O)N1C. The number of halogens is 1. The average molecular weight is 705 g/mol. The van der Waals surface area contributed by atoms with Gasteiger partial charge in [0.05, 0.1) is 24.1 Å². The fourth-order valence-corrected chi connectivity index (χ4v) is 5.76. The monoisotopic (exact) mass is 704 g/mol. The predicted molar refractivity (Wildman–Crippen MR) is 191 cm³/mol. The van der Waals surface area contributed by atoms with Crippen LogP contribution < -0.4 is 30.2 Å². The minimum absolute atomic E-state index is 0.00758. The second kappa shape index (κ2) is 18.2. The lowest BCUT2D eigenvalue weighted by Gasteiger charge is -2.33. The van der Waals surface area contributed by atoms with Crippen molar-refractivity contribution in [2.24, 2.45) is 11.8 Å². The highest BCUT2D eigenvalue weighted by atomic mass is 19.1. The zero-order chi connectivity index (χ0) is 37.1. The largest absolute Gasteiger partial charge is 0.491 e. The number of ether oxygens (including phenoxy) is 3. The van der Waals surface area contributed by atoms with Gasteiger partial charge in [0.2, 0.25) is 17.7 Å². The summed E-state index contributed by atoms with van der Waals surface area (Å²) in [5.74, 6) is -0.825. The molecule has 0 radical (unpaired) electrons. The number of hydrogen-bond acceptors (Lipinski definition) is 7. The zero-order valence-corrected chi connectivity index (χ0v) is 30.1. The molecule has 51 heavy (non-hydrogen) atoms. The van der Waals surface area contributed by atoms with E-state index in [1.807, 2.05) is 13.8 Å². The maximum Gasteiger partial charge on any atom is 0.255 e. The number of carbonyl (C=O) groups excluding carboxylic acids is 4. The van der Waals surface area contributed by atoms with Crippen LogP contribution in [0.15, 0.2) is 72.8 Å². The number of rotatable bonds is 11. The molecular weight excluding hydrogens is 655 g/mol. The normalized spacial score (nSPS) is 19.3. The highest BCUT2D eigenvalue weighted by Crippen LogP contribution is 2.31. The lowest BCUT2D eigenvalue weighted by atomic mass is 9.99. The van der Waals surface area contributed by atoms with Crippen molar-refractivity contribution in [3.05, 3.63) is 84.2 Å². The predicted octanol–water partition coefficient (Wildman–Crippen LogP) is 5.49. The van der Waals surface area contributed by atoms with E-state index in [1.54, 1.807) is 73.5 Å². The van der Waals surface area contributed by atoms with Gasteiger partial charge in [0.25, 0.3) is 5.91 Å². The second-order valence-electron chi connectivity index (χ2n) is 13.7. The van der Waals surface area contributed by atoms with Crippen molar-refractivity contribution in [2.45, 2.75) is 78.0 Å². The van der Waals surface area contributed by atoms with Crippen LogP contribution in [0.1, 0.15) is 64.2 Å². The van der Waals surface area contributed by atoms with Crippen LogP contribution in [0, 0.1) is 17.7 Å². The fraction of sp³-hybridized carbons (Fsp3) is 0.436. The number of carbonyl (C=O) groups is 4. The van der Waals surface area contributed by atoms with Crippen LogP contribution in [0.4, 0.5) is 4.39 Å². The van der Waals surface area contributed by atoms with Crippen LogP contribution >= 0.6 is 0 Å². The highest BCUT2D eigenvalue weighted by Gasteiger charge is 2.33. The molecule has 3 N–H and O–H groups in total. The Bertz CT molecular complexity index is 1670. The van der Waals surface area contributed by atoms with Gasteiger partial charge in [-0.05, 0) is 68.0 Å². The summed E-state index contributed by atoms with van der Waals surface area (Å²) in [7, 11) is 1.70. The van der Waals surface area contributed by atoms with E-state index in [2.05, 4.69) is 29.8 Å². The number of nitrogens with zero attached hydrogens (tertiary/aromatic N) is 1. The summed E-state index contributed by atoms with van der Waals surface area (Å²) in [6.07, 6.45) is 0.614. The zero-order valence-electron chi connectivity index (χ0n) is 30.1. The Labute approximate surface area is 299 Å². The topological polar surface area (TPSA) is 135 Å². The summed E-state index contributed by atoms with van der Waals surface area (Å²) in [4.78, 5) is 56.3. The van der Waals surface area contributed by atoms with Gasteiger partial charge in [-0.1, -0.05) is 58.0 Å². The smallest absolute Gasteiger partial charge is 0.255 e. The minimum Gasteiger partial charge on any atom is -0.491 e. The first-order chi connectivity index (χ1) is 24.3. The van der Waals surface area contributed by atoms with Crippen molar-refractivity contribution in [3.63, 3.8) is 0 Å². The van der Waals surface area contributed by atoms with Gasteiger partial charge in [0, 0.05) is 13.1 Å². The summed E-state index contributed by atoms with van der Waals surface area (Å²) < 4.78 is 31.7. The average Bonchev–Trinajstić information content (AvgIpc) is 3.07. The van der Waals surface area contributed by atoms with E-state index in [9.17, 15) is 23.6 Å². The molecule has 0 unspecified atom stereocenters. The van der Waals surface area contributed by atoms with Gasteiger partial charge in [0.1, 0.15) is 42.6 Å². The van der Waals surface area contributed by atoms with Gasteiger partial charge in [-0.3, -0.25) is 19.2 Å². The molecule has 0 spiro atoms. The molecular formula is C39H49FN4O7. The number of para-hydroxylation sites is 3. The third kappa shape index (κ3) is 11.4. The third-order valence-electron chi connectivity index (χ3n) is 8.30. The Morgan fingerprint density at radius 3 is 2.31 bits per heavy atom. The standard InChI is InChI=1S/C39H49FN4O7/c1-24(2)18-28-23-50-33-15-8-7-14-30(33)37(46)43-31(21-36(45)42-32(19-25(3)4)39(48)44(28)6)38(47)41-26(5)22-49-34-16-9-10-17-35(34)51-29-13-11-12-27(40)20-29/h7-17,20,24-26,28,31-32H,18-19,21-23H2,1-6H3,(H,41,47)(H,42,45)(H,43,46)/t26-,28-,31+,32+/m1/s1. The van der Waals surface area contributed by atoms with Crippen LogP contribution in [-0.4, -0.2) is 73.0 Å². The maximum atomic E-state index is 13.8.